The molecule has 1 fully saturated rings. The van der Waals surface area contributed by atoms with E-state index in [1.165, 1.54) is 18.5 Å². The molecule has 2 aromatic rings. The average Bonchev–Trinajstić information content (AvgIpc) is 3.21. The number of hydrogen-bond donors (Lipinski definition) is 2. The van der Waals surface area contributed by atoms with Crippen LogP contribution in [0.2, 0.25) is 0 Å². The van der Waals surface area contributed by atoms with Gasteiger partial charge in [-0.1, -0.05) is 18.2 Å². The Morgan fingerprint density at radius 1 is 1.00 bits per heavy atom. The first-order valence-corrected chi connectivity index (χ1v) is 9.36. The molecule has 3 rings (SSSR count). The van der Waals surface area contributed by atoms with Crippen LogP contribution in [0.15, 0.2) is 54.6 Å². The van der Waals surface area contributed by atoms with Gasteiger partial charge in [0.15, 0.2) is 0 Å². The zero-order valence-corrected chi connectivity index (χ0v) is 15.6. The van der Waals surface area contributed by atoms with Crippen molar-refractivity contribution in [1.82, 2.24) is 5.32 Å². The molecule has 6 heteroatoms. The highest BCUT2D eigenvalue weighted by molar-refractivity contribution is 5.92. The molecule has 0 aliphatic carbocycles. The molecule has 6 nitrogen and oxygen atoms in total. The van der Waals surface area contributed by atoms with E-state index in [1.54, 1.807) is 11.8 Å². The van der Waals surface area contributed by atoms with Crippen molar-refractivity contribution < 1.29 is 9.59 Å². The lowest BCUT2D eigenvalue weighted by Gasteiger charge is -2.23. The van der Waals surface area contributed by atoms with Gasteiger partial charge in [-0.05, 0) is 49.2 Å². The van der Waals surface area contributed by atoms with Crippen LogP contribution >= 0.6 is 0 Å². The lowest BCUT2D eigenvalue weighted by atomic mass is 10.2. The van der Waals surface area contributed by atoms with Gasteiger partial charge in [-0.15, -0.1) is 0 Å². The fraction of sp³-hybridized carbons (Fsp3) is 0.333. The maximum atomic E-state index is 12.0. The van der Waals surface area contributed by atoms with Gasteiger partial charge in [0.1, 0.15) is 0 Å². The molecule has 3 amide bonds. The average molecular weight is 366 g/mol. The molecule has 0 bridgehead atoms. The van der Waals surface area contributed by atoms with E-state index in [-0.39, 0.29) is 11.9 Å². The number of urea groups is 1. The normalized spacial score (nSPS) is 13.3. The quantitative estimate of drug-likeness (QED) is 0.823. The Labute approximate surface area is 160 Å². The summed E-state index contributed by atoms with van der Waals surface area (Å²) in [5, 5.41) is 5.55. The second kappa shape index (κ2) is 9.07. The largest absolute Gasteiger partial charge is 0.372 e. The first-order chi connectivity index (χ1) is 13.1. The summed E-state index contributed by atoms with van der Waals surface area (Å²) in [5.41, 5.74) is 2.77. The SMILES string of the molecule is CC(=O)N(CCNC(=O)Nc1ccccc1)c1ccc(N2CCCC2)cc1. The van der Waals surface area contributed by atoms with Crippen molar-refractivity contribution in [2.45, 2.75) is 19.8 Å². The molecule has 0 spiro atoms. The number of amides is 3. The zero-order chi connectivity index (χ0) is 19.1. The first kappa shape index (κ1) is 18.8. The third-order valence-corrected chi connectivity index (χ3v) is 4.67. The highest BCUT2D eigenvalue weighted by Gasteiger charge is 2.15. The van der Waals surface area contributed by atoms with Gasteiger partial charge in [-0.25, -0.2) is 4.79 Å². The second-order valence-corrected chi connectivity index (χ2v) is 6.63. The number of para-hydroxylation sites is 1. The molecule has 1 saturated heterocycles. The Morgan fingerprint density at radius 2 is 1.67 bits per heavy atom. The van der Waals surface area contributed by atoms with Gasteiger partial charge in [-0.2, -0.15) is 0 Å². The van der Waals surface area contributed by atoms with Crippen LogP contribution in [0.1, 0.15) is 19.8 Å². The molecule has 1 aliphatic heterocycles. The molecule has 1 aliphatic rings. The predicted octanol–water partition coefficient (Wildman–Crippen LogP) is 3.46. The molecule has 0 radical (unpaired) electrons. The standard InChI is InChI=1S/C21H26N4O2/c1-17(26)25(16-13-22-21(27)23-18-7-3-2-4-8-18)20-11-9-19(10-12-20)24-14-5-6-15-24/h2-4,7-12H,5-6,13-16H2,1H3,(H2,22,23,27). The van der Waals surface area contributed by atoms with E-state index in [2.05, 4.69) is 27.7 Å². The third kappa shape index (κ3) is 5.23. The fourth-order valence-electron chi connectivity index (χ4n) is 3.27. The van der Waals surface area contributed by atoms with E-state index in [4.69, 9.17) is 0 Å². The topological polar surface area (TPSA) is 64.7 Å². The zero-order valence-electron chi connectivity index (χ0n) is 15.6. The molecule has 27 heavy (non-hydrogen) atoms. The van der Waals surface area contributed by atoms with E-state index in [0.717, 1.165) is 24.5 Å². The number of nitrogens with one attached hydrogen (secondary N) is 2. The van der Waals surface area contributed by atoms with Crippen molar-refractivity contribution in [3.63, 3.8) is 0 Å². The minimum absolute atomic E-state index is 0.0470. The molecule has 2 aromatic carbocycles. The van der Waals surface area contributed by atoms with Crippen LogP contribution in [0.4, 0.5) is 21.9 Å². The van der Waals surface area contributed by atoms with Gasteiger partial charge in [0.25, 0.3) is 0 Å². The van der Waals surface area contributed by atoms with Crippen molar-refractivity contribution in [3.05, 3.63) is 54.6 Å². The van der Waals surface area contributed by atoms with E-state index < -0.39 is 0 Å². The van der Waals surface area contributed by atoms with E-state index in [1.807, 2.05) is 42.5 Å². The van der Waals surface area contributed by atoms with E-state index >= 15 is 0 Å². The lowest BCUT2D eigenvalue weighted by molar-refractivity contribution is -0.116. The highest BCUT2D eigenvalue weighted by Crippen LogP contribution is 2.23. The maximum absolute atomic E-state index is 12.0. The smallest absolute Gasteiger partial charge is 0.319 e. The number of carbonyl (C=O) groups excluding carboxylic acids is 2. The van der Waals surface area contributed by atoms with Crippen LogP contribution in [0.3, 0.4) is 0 Å². The Kier molecular flexibility index (Phi) is 6.30. The summed E-state index contributed by atoms with van der Waals surface area (Å²) in [6.45, 7) is 4.51. The predicted molar refractivity (Wildman–Crippen MR) is 109 cm³/mol. The minimum atomic E-state index is -0.283. The maximum Gasteiger partial charge on any atom is 0.319 e. The second-order valence-electron chi connectivity index (χ2n) is 6.63. The Morgan fingerprint density at radius 3 is 2.30 bits per heavy atom. The minimum Gasteiger partial charge on any atom is -0.372 e. The number of anilines is 3. The Bertz CT molecular complexity index is 756. The van der Waals surface area contributed by atoms with Crippen molar-refractivity contribution in [2.75, 3.05) is 41.3 Å². The summed E-state index contributed by atoms with van der Waals surface area (Å²) in [5.74, 6) is -0.0470. The van der Waals surface area contributed by atoms with E-state index in [9.17, 15) is 9.59 Å². The third-order valence-electron chi connectivity index (χ3n) is 4.67. The van der Waals surface area contributed by atoms with Gasteiger partial charge in [-0.3, -0.25) is 4.79 Å². The monoisotopic (exact) mass is 366 g/mol. The van der Waals surface area contributed by atoms with Gasteiger partial charge in [0.2, 0.25) is 5.91 Å². The number of hydrogen-bond acceptors (Lipinski definition) is 3. The van der Waals surface area contributed by atoms with Gasteiger partial charge < -0.3 is 20.4 Å². The summed E-state index contributed by atoms with van der Waals surface area (Å²) < 4.78 is 0. The van der Waals surface area contributed by atoms with Crippen molar-refractivity contribution in [1.29, 1.82) is 0 Å². The lowest BCUT2D eigenvalue weighted by Crippen LogP contribution is -2.39. The summed E-state index contributed by atoms with van der Waals surface area (Å²) in [4.78, 5) is 28.0. The van der Waals surface area contributed by atoms with Crippen LogP contribution in [-0.2, 0) is 4.79 Å². The Balaban J connectivity index is 1.53. The summed E-state index contributed by atoms with van der Waals surface area (Å²) >= 11 is 0. The molecular formula is C21H26N4O2. The van der Waals surface area contributed by atoms with Crippen LogP contribution in [0, 0.1) is 0 Å². The van der Waals surface area contributed by atoms with Crippen molar-refractivity contribution in [2.24, 2.45) is 0 Å². The van der Waals surface area contributed by atoms with Crippen LogP contribution in [-0.4, -0.2) is 38.1 Å². The first-order valence-electron chi connectivity index (χ1n) is 9.36. The number of benzene rings is 2. The fourth-order valence-corrected chi connectivity index (χ4v) is 3.27. The van der Waals surface area contributed by atoms with Crippen LogP contribution in [0.25, 0.3) is 0 Å². The van der Waals surface area contributed by atoms with Gasteiger partial charge in [0.05, 0.1) is 0 Å². The number of rotatable bonds is 6. The molecular weight excluding hydrogens is 340 g/mol. The van der Waals surface area contributed by atoms with Crippen LogP contribution in [0.5, 0.6) is 0 Å². The Hall–Kier alpha value is -3.02. The molecule has 0 unspecified atom stereocenters. The molecule has 0 aromatic heterocycles. The van der Waals surface area contributed by atoms with Crippen LogP contribution < -0.4 is 20.4 Å². The number of nitrogens with zero attached hydrogens (tertiary/aromatic N) is 2. The van der Waals surface area contributed by atoms with Crippen molar-refractivity contribution >= 4 is 29.0 Å². The number of carbonyl (C=O) groups is 2. The van der Waals surface area contributed by atoms with Gasteiger partial charge in [0, 0.05) is 50.2 Å². The molecule has 1 heterocycles. The molecule has 0 atom stereocenters. The van der Waals surface area contributed by atoms with Gasteiger partial charge >= 0.3 is 6.03 Å². The van der Waals surface area contributed by atoms with Crippen molar-refractivity contribution in [3.8, 4) is 0 Å². The summed E-state index contributed by atoms with van der Waals surface area (Å²) in [7, 11) is 0. The summed E-state index contributed by atoms with van der Waals surface area (Å²) in [6, 6.07) is 17.0. The molecule has 142 valence electrons. The van der Waals surface area contributed by atoms with E-state index in [0.29, 0.717) is 13.1 Å². The highest BCUT2D eigenvalue weighted by atomic mass is 16.2. The molecule has 0 saturated carbocycles. The summed E-state index contributed by atoms with van der Waals surface area (Å²) in [6.07, 6.45) is 2.47. The molecule has 2 N–H and O–H groups in total.